The van der Waals surface area contributed by atoms with Crippen molar-refractivity contribution >= 4 is 47.6 Å². The maximum Gasteiger partial charge on any atom is 0.354 e. The van der Waals surface area contributed by atoms with Crippen LogP contribution in [0.4, 0.5) is 17.5 Å². The molecule has 1 aromatic carbocycles. The SMILES string of the molecule is [B]c1cnc(Nc2ccc3[nH]c(C(=O)OCC)cc3c2)nc1NCCc1cnc[nH]1. The number of rotatable bonds is 8. The minimum absolute atomic E-state index is 0.327. The molecule has 0 saturated carbocycles. The number of nitrogens with zero attached hydrogens (tertiary/aromatic N) is 3. The molecule has 10 heteroatoms. The highest BCUT2D eigenvalue weighted by Gasteiger charge is 2.11. The molecule has 4 N–H and O–H groups in total. The zero-order valence-electron chi connectivity index (χ0n) is 16.4. The number of aromatic nitrogens is 5. The second kappa shape index (κ2) is 8.68. The smallest absolute Gasteiger partial charge is 0.354 e. The lowest BCUT2D eigenvalue weighted by Gasteiger charge is -2.11. The Labute approximate surface area is 174 Å². The van der Waals surface area contributed by atoms with Crippen LogP contribution in [0.15, 0.2) is 43.0 Å². The predicted molar refractivity (Wildman–Crippen MR) is 116 cm³/mol. The number of hydrogen-bond donors (Lipinski definition) is 4. The lowest BCUT2D eigenvalue weighted by atomic mass is 9.99. The molecule has 0 bridgehead atoms. The standard InChI is InChI=1S/C20H20BN7O2/c1-2-30-19(29)17-8-12-7-13(3-4-16(12)27-17)26-20-24-10-15(21)18(28-20)23-6-5-14-9-22-11-25-14/h3-4,7-11,27H,2,5-6H2,1H3,(H,22,25)(H2,23,24,26,28). The van der Waals surface area contributed by atoms with Gasteiger partial charge in [-0.25, -0.2) is 14.8 Å². The molecule has 0 aliphatic rings. The molecule has 0 amide bonds. The number of nitrogens with one attached hydrogen (secondary N) is 4. The fraction of sp³-hybridized carbons (Fsp3) is 0.200. The molecule has 0 spiro atoms. The number of benzene rings is 1. The Balaban J connectivity index is 1.46. The van der Waals surface area contributed by atoms with E-state index in [2.05, 4.69) is 35.6 Å². The first-order valence-corrected chi connectivity index (χ1v) is 9.53. The molecule has 4 rings (SSSR count). The van der Waals surface area contributed by atoms with E-state index in [-0.39, 0.29) is 5.97 Å². The largest absolute Gasteiger partial charge is 0.461 e. The molecular formula is C20H20BN7O2. The van der Waals surface area contributed by atoms with Gasteiger partial charge in [0.25, 0.3) is 0 Å². The molecule has 9 nitrogen and oxygen atoms in total. The minimum atomic E-state index is -0.379. The number of aromatic amines is 2. The van der Waals surface area contributed by atoms with Crippen LogP contribution in [0.25, 0.3) is 10.9 Å². The number of esters is 1. The number of fused-ring (bicyclic) bond motifs is 1. The van der Waals surface area contributed by atoms with Crippen molar-refractivity contribution in [2.45, 2.75) is 13.3 Å². The van der Waals surface area contributed by atoms with Crippen LogP contribution in [0.3, 0.4) is 0 Å². The van der Waals surface area contributed by atoms with Gasteiger partial charge in [0.2, 0.25) is 5.95 Å². The Morgan fingerprint density at radius 2 is 2.17 bits per heavy atom. The summed E-state index contributed by atoms with van der Waals surface area (Å²) in [6.45, 7) is 2.75. The average Bonchev–Trinajstić information content (AvgIpc) is 3.40. The summed E-state index contributed by atoms with van der Waals surface area (Å²) in [4.78, 5) is 30.7. The first-order valence-electron chi connectivity index (χ1n) is 9.53. The molecule has 150 valence electrons. The summed E-state index contributed by atoms with van der Waals surface area (Å²) in [6, 6.07) is 7.41. The van der Waals surface area contributed by atoms with Crippen molar-refractivity contribution in [2.24, 2.45) is 0 Å². The maximum atomic E-state index is 11.9. The number of hydrogen-bond acceptors (Lipinski definition) is 7. The van der Waals surface area contributed by atoms with Crippen LogP contribution in [0.1, 0.15) is 23.1 Å². The van der Waals surface area contributed by atoms with Gasteiger partial charge in [-0.3, -0.25) is 0 Å². The van der Waals surface area contributed by atoms with Crippen LogP contribution in [-0.4, -0.2) is 51.9 Å². The minimum Gasteiger partial charge on any atom is -0.461 e. The Morgan fingerprint density at radius 1 is 1.27 bits per heavy atom. The zero-order valence-corrected chi connectivity index (χ0v) is 16.4. The van der Waals surface area contributed by atoms with E-state index in [1.54, 1.807) is 31.7 Å². The Hall–Kier alpha value is -3.82. The maximum absolute atomic E-state index is 11.9. The first-order chi connectivity index (χ1) is 14.6. The second-order valence-corrected chi connectivity index (χ2v) is 6.58. The third kappa shape index (κ3) is 4.43. The van der Waals surface area contributed by atoms with Gasteiger partial charge in [0, 0.05) is 47.6 Å². The van der Waals surface area contributed by atoms with Crippen molar-refractivity contribution in [3.05, 3.63) is 54.4 Å². The number of ether oxygens (including phenoxy) is 1. The highest BCUT2D eigenvalue weighted by molar-refractivity contribution is 6.35. The van der Waals surface area contributed by atoms with Gasteiger partial charge in [-0.2, -0.15) is 4.98 Å². The van der Waals surface area contributed by atoms with Gasteiger partial charge in [-0.1, -0.05) is 0 Å². The molecule has 30 heavy (non-hydrogen) atoms. The fourth-order valence-electron chi connectivity index (χ4n) is 2.99. The molecule has 3 aromatic heterocycles. The molecule has 0 saturated heterocycles. The van der Waals surface area contributed by atoms with E-state index in [0.29, 0.717) is 36.1 Å². The van der Waals surface area contributed by atoms with Gasteiger partial charge in [0.15, 0.2) is 0 Å². The normalized spacial score (nSPS) is 10.8. The number of carbonyl (C=O) groups excluding carboxylic acids is 1. The summed E-state index contributed by atoms with van der Waals surface area (Å²) < 4.78 is 5.03. The van der Waals surface area contributed by atoms with Crippen LogP contribution < -0.4 is 16.1 Å². The quantitative estimate of drug-likeness (QED) is 0.263. The lowest BCUT2D eigenvalue weighted by molar-refractivity contribution is 0.0520. The van der Waals surface area contributed by atoms with Crippen molar-refractivity contribution in [3.8, 4) is 0 Å². The summed E-state index contributed by atoms with van der Waals surface area (Å²) in [5.74, 6) is 0.587. The second-order valence-electron chi connectivity index (χ2n) is 6.58. The summed E-state index contributed by atoms with van der Waals surface area (Å²) in [7, 11) is 5.99. The topological polar surface area (TPSA) is 121 Å². The average molecular weight is 401 g/mol. The van der Waals surface area contributed by atoms with E-state index in [0.717, 1.165) is 28.7 Å². The third-order valence-electron chi connectivity index (χ3n) is 4.43. The predicted octanol–water partition coefficient (Wildman–Crippen LogP) is 2.05. The number of carbonyl (C=O) groups is 1. The number of imidazole rings is 1. The highest BCUT2D eigenvalue weighted by Crippen LogP contribution is 2.22. The molecular weight excluding hydrogens is 381 g/mol. The summed E-state index contributed by atoms with van der Waals surface area (Å²) in [6.07, 6.45) is 5.75. The number of H-pyrrole nitrogens is 2. The molecule has 0 fully saturated rings. The molecule has 2 radical (unpaired) electrons. The summed E-state index contributed by atoms with van der Waals surface area (Å²) in [5, 5.41) is 7.25. The van der Waals surface area contributed by atoms with Crippen molar-refractivity contribution < 1.29 is 9.53 Å². The molecule has 3 heterocycles. The Kier molecular flexibility index (Phi) is 5.64. The molecule has 4 aromatic rings. The molecule has 0 aliphatic carbocycles. The van der Waals surface area contributed by atoms with Crippen LogP contribution >= 0.6 is 0 Å². The van der Waals surface area contributed by atoms with Gasteiger partial charge < -0.3 is 25.3 Å². The monoisotopic (exact) mass is 401 g/mol. The van der Waals surface area contributed by atoms with Gasteiger partial charge in [-0.05, 0) is 36.7 Å². The molecule has 0 aliphatic heterocycles. The zero-order chi connectivity index (χ0) is 20.9. The van der Waals surface area contributed by atoms with Crippen molar-refractivity contribution in [1.82, 2.24) is 24.9 Å². The fourth-order valence-corrected chi connectivity index (χ4v) is 2.99. The number of anilines is 3. The van der Waals surface area contributed by atoms with Gasteiger partial charge in [0.1, 0.15) is 19.4 Å². The van der Waals surface area contributed by atoms with Crippen LogP contribution in [0.5, 0.6) is 0 Å². The lowest BCUT2D eigenvalue weighted by Crippen LogP contribution is -2.18. The molecule has 0 unspecified atom stereocenters. The van der Waals surface area contributed by atoms with E-state index < -0.39 is 0 Å². The molecule has 0 atom stereocenters. The van der Waals surface area contributed by atoms with Crippen LogP contribution in [0, 0.1) is 0 Å². The van der Waals surface area contributed by atoms with E-state index in [4.69, 9.17) is 12.6 Å². The van der Waals surface area contributed by atoms with E-state index in [9.17, 15) is 4.79 Å². The first kappa shape index (κ1) is 19.5. The van der Waals surface area contributed by atoms with E-state index >= 15 is 0 Å². The van der Waals surface area contributed by atoms with Gasteiger partial charge in [0.05, 0.1) is 12.9 Å². The highest BCUT2D eigenvalue weighted by atomic mass is 16.5. The Bertz CT molecular complexity index is 1160. The van der Waals surface area contributed by atoms with E-state index in [1.807, 2.05) is 18.2 Å². The van der Waals surface area contributed by atoms with Crippen LogP contribution in [0.2, 0.25) is 0 Å². The van der Waals surface area contributed by atoms with Gasteiger partial charge in [-0.15, -0.1) is 0 Å². The van der Waals surface area contributed by atoms with E-state index in [1.165, 1.54) is 0 Å². The van der Waals surface area contributed by atoms with Crippen molar-refractivity contribution in [1.29, 1.82) is 0 Å². The van der Waals surface area contributed by atoms with Crippen molar-refractivity contribution in [3.63, 3.8) is 0 Å². The summed E-state index contributed by atoms with van der Waals surface area (Å²) in [5.41, 5.74) is 3.52. The third-order valence-corrected chi connectivity index (χ3v) is 4.43. The van der Waals surface area contributed by atoms with Gasteiger partial charge >= 0.3 is 5.97 Å². The van der Waals surface area contributed by atoms with Crippen LogP contribution in [-0.2, 0) is 11.2 Å². The summed E-state index contributed by atoms with van der Waals surface area (Å²) >= 11 is 0. The Morgan fingerprint density at radius 3 is 2.97 bits per heavy atom. The van der Waals surface area contributed by atoms with Crippen molar-refractivity contribution in [2.75, 3.05) is 23.8 Å².